The lowest BCUT2D eigenvalue weighted by molar-refractivity contribution is -0.385. The second-order valence-corrected chi connectivity index (χ2v) is 11.0. The lowest BCUT2D eigenvalue weighted by Crippen LogP contribution is -2.37. The highest BCUT2D eigenvalue weighted by Crippen LogP contribution is 2.30. The van der Waals surface area contributed by atoms with Crippen LogP contribution in [0.15, 0.2) is 24.3 Å². The number of morpholine rings is 2. The molecule has 0 unspecified atom stereocenters. The van der Waals surface area contributed by atoms with Gasteiger partial charge in [-0.3, -0.25) is 29.5 Å². The summed E-state index contributed by atoms with van der Waals surface area (Å²) < 4.78 is 21.9. The van der Waals surface area contributed by atoms with Gasteiger partial charge < -0.3 is 34.9 Å². The molecule has 0 spiro atoms. The van der Waals surface area contributed by atoms with Crippen molar-refractivity contribution in [2.45, 2.75) is 39.9 Å². The van der Waals surface area contributed by atoms with Crippen LogP contribution in [0.4, 0.5) is 11.4 Å². The Kier molecular flexibility index (Phi) is 15.3. The molecule has 0 radical (unpaired) electrons. The Morgan fingerprint density at radius 2 is 1.24 bits per heavy atom. The summed E-state index contributed by atoms with van der Waals surface area (Å²) in [5.74, 6) is 0.254. The lowest BCUT2D eigenvalue weighted by Gasteiger charge is -2.26. The summed E-state index contributed by atoms with van der Waals surface area (Å²) in [6.07, 6.45) is 1.65. The fourth-order valence-electron chi connectivity index (χ4n) is 5.10. The Morgan fingerprint density at radius 1 is 0.804 bits per heavy atom. The molecule has 14 nitrogen and oxygen atoms in total. The van der Waals surface area contributed by atoms with E-state index in [0.29, 0.717) is 41.3 Å². The minimum absolute atomic E-state index is 0.0234. The average molecular weight is 647 g/mol. The zero-order valence-electron chi connectivity index (χ0n) is 26.7. The van der Waals surface area contributed by atoms with Crippen molar-refractivity contribution in [1.82, 2.24) is 9.80 Å². The van der Waals surface area contributed by atoms with Crippen LogP contribution in [-0.4, -0.2) is 115 Å². The van der Waals surface area contributed by atoms with Gasteiger partial charge in [0.15, 0.2) is 11.6 Å². The van der Waals surface area contributed by atoms with Crippen molar-refractivity contribution in [3.8, 4) is 11.5 Å². The molecule has 0 bridgehead atoms. The van der Waals surface area contributed by atoms with Gasteiger partial charge in [0, 0.05) is 67.7 Å². The number of hydrogen-bond acceptors (Lipinski definition) is 13. The number of ketones is 2. The molecule has 2 saturated heterocycles. The van der Waals surface area contributed by atoms with Crippen molar-refractivity contribution in [1.29, 1.82) is 0 Å². The molecular formula is C32H46N4O10. The van der Waals surface area contributed by atoms with E-state index in [1.54, 1.807) is 12.1 Å². The second kappa shape index (κ2) is 19.1. The fraction of sp³-hybridized carbons (Fsp3) is 0.562. The lowest BCUT2D eigenvalue weighted by atomic mass is 10.0. The van der Waals surface area contributed by atoms with Gasteiger partial charge in [0.2, 0.25) is 0 Å². The summed E-state index contributed by atoms with van der Waals surface area (Å²) in [6, 6.07) is 5.78. The molecule has 0 aromatic heterocycles. The van der Waals surface area contributed by atoms with Crippen LogP contribution in [0.1, 0.15) is 58.5 Å². The molecule has 46 heavy (non-hydrogen) atoms. The van der Waals surface area contributed by atoms with Crippen molar-refractivity contribution in [3.05, 3.63) is 56.6 Å². The number of benzene rings is 2. The van der Waals surface area contributed by atoms with Crippen LogP contribution in [0.25, 0.3) is 0 Å². The zero-order valence-corrected chi connectivity index (χ0v) is 26.7. The number of aliphatic hydroxyl groups excluding tert-OH is 2. The van der Waals surface area contributed by atoms with Gasteiger partial charge in [0.1, 0.15) is 11.5 Å². The SMILES string of the molecule is CC(=O)c1cc(CO)c(OCCCN2CCOCC2)cc1N.CC(=O)c1cc(CO)c(OCCCN2CCOCC2)cc1[N+](=O)[O-]. The number of aliphatic hydroxyl groups is 2. The van der Waals surface area contributed by atoms with Crippen molar-refractivity contribution in [2.24, 2.45) is 0 Å². The van der Waals surface area contributed by atoms with Crippen LogP contribution in [0.3, 0.4) is 0 Å². The molecule has 0 atom stereocenters. The van der Waals surface area contributed by atoms with Crippen LogP contribution < -0.4 is 15.2 Å². The van der Waals surface area contributed by atoms with Gasteiger partial charge >= 0.3 is 0 Å². The van der Waals surface area contributed by atoms with E-state index in [1.807, 2.05) is 0 Å². The molecule has 4 N–H and O–H groups in total. The van der Waals surface area contributed by atoms with Crippen LogP contribution in [-0.2, 0) is 22.7 Å². The average Bonchev–Trinajstić information content (AvgIpc) is 3.05. The van der Waals surface area contributed by atoms with Crippen LogP contribution >= 0.6 is 0 Å². The van der Waals surface area contributed by atoms with Crippen LogP contribution in [0.2, 0.25) is 0 Å². The number of carbonyl (C=O) groups is 2. The molecule has 2 heterocycles. The Balaban J connectivity index is 0.000000251. The van der Waals surface area contributed by atoms with E-state index in [0.717, 1.165) is 78.5 Å². The van der Waals surface area contributed by atoms with Crippen LogP contribution in [0, 0.1) is 10.1 Å². The number of ether oxygens (including phenoxy) is 4. The van der Waals surface area contributed by atoms with Gasteiger partial charge in [-0.1, -0.05) is 0 Å². The zero-order chi connectivity index (χ0) is 33.5. The molecule has 254 valence electrons. The maximum Gasteiger partial charge on any atom is 0.283 e. The molecule has 4 rings (SSSR count). The van der Waals surface area contributed by atoms with E-state index in [4.69, 9.17) is 24.7 Å². The highest BCUT2D eigenvalue weighted by molar-refractivity contribution is 5.99. The number of carbonyl (C=O) groups excluding carboxylic acids is 2. The Labute approximate surface area is 269 Å². The molecule has 2 aromatic rings. The Bertz CT molecular complexity index is 1310. The maximum atomic E-state index is 11.5. The van der Waals surface area contributed by atoms with E-state index in [1.165, 1.54) is 26.0 Å². The fourth-order valence-corrected chi connectivity index (χ4v) is 5.10. The van der Waals surface area contributed by atoms with Gasteiger partial charge in [-0.25, -0.2) is 0 Å². The summed E-state index contributed by atoms with van der Waals surface area (Å²) in [5.41, 5.74) is 7.30. The van der Waals surface area contributed by atoms with Gasteiger partial charge in [-0.05, 0) is 38.8 Å². The third kappa shape index (κ3) is 11.3. The monoisotopic (exact) mass is 646 g/mol. The highest BCUT2D eigenvalue weighted by Gasteiger charge is 2.22. The van der Waals surface area contributed by atoms with Gasteiger partial charge in [-0.2, -0.15) is 0 Å². The first kappa shape index (κ1) is 36.8. The normalized spacial score (nSPS) is 15.5. The van der Waals surface area contributed by atoms with Gasteiger partial charge in [-0.15, -0.1) is 0 Å². The van der Waals surface area contributed by atoms with E-state index in [-0.39, 0.29) is 36.0 Å². The summed E-state index contributed by atoms with van der Waals surface area (Å²) in [4.78, 5) is 38.1. The number of Topliss-reactive ketones (excluding diaryl/α,β-unsaturated/α-hetero) is 2. The number of anilines is 1. The third-order valence-electron chi connectivity index (χ3n) is 7.67. The minimum Gasteiger partial charge on any atom is -0.493 e. The minimum atomic E-state index is -0.613. The molecule has 0 aliphatic carbocycles. The topological polar surface area (TPSA) is 187 Å². The molecular weight excluding hydrogens is 600 g/mol. The smallest absolute Gasteiger partial charge is 0.283 e. The number of nitro benzene ring substituents is 1. The number of nitrogen functional groups attached to an aromatic ring is 1. The van der Waals surface area contributed by atoms with Crippen LogP contribution in [0.5, 0.6) is 11.5 Å². The molecule has 2 aromatic carbocycles. The first-order valence-electron chi connectivity index (χ1n) is 15.5. The largest absolute Gasteiger partial charge is 0.493 e. The Hall–Kier alpha value is -3.66. The van der Waals surface area contributed by atoms with E-state index < -0.39 is 10.7 Å². The quantitative estimate of drug-likeness (QED) is 0.0843. The molecule has 2 fully saturated rings. The van der Waals surface area contributed by atoms with Crippen molar-refractivity contribution < 1.29 is 43.7 Å². The molecule has 2 aliphatic heterocycles. The number of nitrogens with two attached hydrogens (primary N) is 1. The van der Waals surface area contributed by atoms with Crippen molar-refractivity contribution in [3.63, 3.8) is 0 Å². The summed E-state index contributed by atoms with van der Waals surface area (Å²) >= 11 is 0. The summed E-state index contributed by atoms with van der Waals surface area (Å²) in [7, 11) is 0. The first-order chi connectivity index (χ1) is 22.1. The van der Waals surface area contributed by atoms with E-state index in [2.05, 4.69) is 9.80 Å². The number of nitro groups is 1. The number of rotatable bonds is 15. The summed E-state index contributed by atoms with van der Waals surface area (Å²) in [6.45, 7) is 11.7. The van der Waals surface area contributed by atoms with Gasteiger partial charge in [0.25, 0.3) is 5.69 Å². The summed E-state index contributed by atoms with van der Waals surface area (Å²) in [5, 5.41) is 30.0. The first-order valence-corrected chi connectivity index (χ1v) is 15.5. The molecule has 14 heteroatoms. The predicted octanol–water partition coefficient (Wildman–Crippen LogP) is 2.46. The molecule has 2 aliphatic rings. The second-order valence-electron chi connectivity index (χ2n) is 11.0. The van der Waals surface area contributed by atoms with Gasteiger partial charge in [0.05, 0.1) is 69.4 Å². The maximum absolute atomic E-state index is 11.5. The molecule has 0 saturated carbocycles. The standard InChI is InChI=1S/C16H22N2O6.C16H24N2O4/c1-12(20)14-9-13(11-19)16(10-15(14)18(21)22)24-6-2-3-17-4-7-23-8-5-17;1-12(20)14-9-13(11-19)16(10-15(14)17)22-6-2-3-18-4-7-21-8-5-18/h9-10,19H,2-8,11H2,1H3;9-10,19H,2-8,11,17H2,1H3. The molecule has 0 amide bonds. The number of nitrogens with zero attached hydrogens (tertiary/aromatic N) is 3. The van der Waals surface area contributed by atoms with E-state index >= 15 is 0 Å². The number of hydrogen-bond donors (Lipinski definition) is 3. The van der Waals surface area contributed by atoms with Crippen molar-refractivity contribution >= 4 is 22.9 Å². The van der Waals surface area contributed by atoms with Crippen molar-refractivity contribution in [2.75, 3.05) is 84.6 Å². The Morgan fingerprint density at radius 3 is 1.65 bits per heavy atom. The predicted molar refractivity (Wildman–Crippen MR) is 171 cm³/mol. The van der Waals surface area contributed by atoms with E-state index in [9.17, 15) is 29.9 Å². The highest BCUT2D eigenvalue weighted by atomic mass is 16.6. The third-order valence-corrected chi connectivity index (χ3v) is 7.67.